The maximum atomic E-state index is 11.1. The van der Waals surface area contributed by atoms with Crippen LogP contribution in [0.2, 0.25) is 0 Å². The van der Waals surface area contributed by atoms with Crippen LogP contribution in [0.3, 0.4) is 0 Å². The van der Waals surface area contributed by atoms with Gasteiger partial charge in [0, 0.05) is 12.8 Å². The second kappa shape index (κ2) is 6.27. The fourth-order valence-electron chi connectivity index (χ4n) is 1.02. The van der Waals surface area contributed by atoms with Crippen molar-refractivity contribution in [1.82, 2.24) is 0 Å². The largest absolute Gasteiger partial charge is 0.595 e. The van der Waals surface area contributed by atoms with Crippen LogP contribution in [0.1, 0.15) is 39.5 Å². The molecule has 0 aliphatic heterocycles. The van der Waals surface area contributed by atoms with E-state index in [2.05, 4.69) is 0 Å². The first kappa shape index (κ1) is 11.7. The van der Waals surface area contributed by atoms with Crippen LogP contribution in [0.25, 0.3) is 0 Å². The standard InChI is InChI=1S/C8H15O3P/c1-3-5-6-8(12(10)11)7(9)4-2/h8H,3-6H2,1-2H3. The molecular weight excluding hydrogens is 175 g/mol. The normalized spacial score (nSPS) is 14.1. The Bertz CT molecular complexity index is 168. The van der Waals surface area contributed by atoms with Crippen LogP contribution in [0.5, 0.6) is 0 Å². The molecule has 12 heavy (non-hydrogen) atoms. The predicted molar refractivity (Wildman–Crippen MR) is 46.2 cm³/mol. The minimum atomic E-state index is -2.57. The highest BCUT2D eigenvalue weighted by atomic mass is 31.1. The van der Waals surface area contributed by atoms with Gasteiger partial charge in [0.15, 0.2) is 5.78 Å². The molecule has 70 valence electrons. The Hall–Kier alpha value is -0.270. The quantitative estimate of drug-likeness (QED) is 0.598. The second-order valence-electron chi connectivity index (χ2n) is 2.76. The number of hydrogen-bond acceptors (Lipinski definition) is 3. The number of carbonyl (C=O) groups excluding carboxylic acids is 1. The van der Waals surface area contributed by atoms with E-state index in [1.807, 2.05) is 6.92 Å². The average Bonchev–Trinajstić information content (AvgIpc) is 2.04. The molecule has 0 bridgehead atoms. The molecule has 0 spiro atoms. The first-order chi connectivity index (χ1) is 5.63. The van der Waals surface area contributed by atoms with Gasteiger partial charge in [-0.25, -0.2) is 0 Å². The summed E-state index contributed by atoms with van der Waals surface area (Å²) in [5.74, 6) is -0.153. The van der Waals surface area contributed by atoms with Crippen LogP contribution < -0.4 is 4.89 Å². The molecule has 0 fully saturated rings. The molecule has 0 amide bonds. The van der Waals surface area contributed by atoms with Crippen molar-refractivity contribution in [2.24, 2.45) is 0 Å². The second-order valence-corrected chi connectivity index (χ2v) is 3.96. The molecule has 0 saturated heterocycles. The third-order valence-electron chi connectivity index (χ3n) is 1.81. The molecule has 0 N–H and O–H groups in total. The van der Waals surface area contributed by atoms with E-state index >= 15 is 0 Å². The zero-order chi connectivity index (χ0) is 9.56. The van der Waals surface area contributed by atoms with Gasteiger partial charge in [-0.15, -0.1) is 0 Å². The maximum Gasteiger partial charge on any atom is 0.320 e. The van der Waals surface area contributed by atoms with Gasteiger partial charge >= 0.3 is 8.03 Å². The van der Waals surface area contributed by atoms with Gasteiger partial charge in [-0.1, -0.05) is 24.8 Å². The van der Waals surface area contributed by atoms with E-state index in [1.54, 1.807) is 6.92 Å². The number of Topliss-reactive ketones (excluding diaryl/α,β-unsaturated/α-hetero) is 1. The molecule has 2 atom stereocenters. The van der Waals surface area contributed by atoms with Gasteiger partial charge in [-0.2, -0.15) is 0 Å². The third-order valence-corrected chi connectivity index (χ3v) is 2.86. The fraction of sp³-hybridized carbons (Fsp3) is 0.875. The van der Waals surface area contributed by atoms with Gasteiger partial charge < -0.3 is 4.89 Å². The van der Waals surface area contributed by atoms with Crippen molar-refractivity contribution < 1.29 is 14.3 Å². The lowest BCUT2D eigenvalue weighted by molar-refractivity contribution is -0.167. The summed E-state index contributed by atoms with van der Waals surface area (Å²) >= 11 is 0. The summed E-state index contributed by atoms with van der Waals surface area (Å²) in [5.41, 5.74) is -0.732. The van der Waals surface area contributed by atoms with Crippen LogP contribution in [0, 0.1) is 0 Å². The van der Waals surface area contributed by atoms with Crippen molar-refractivity contribution in [2.75, 3.05) is 0 Å². The van der Waals surface area contributed by atoms with Gasteiger partial charge in [-0.3, -0.25) is 4.79 Å². The number of ketones is 1. The lowest BCUT2D eigenvalue weighted by atomic mass is 10.1. The molecule has 0 heterocycles. The van der Waals surface area contributed by atoms with E-state index < -0.39 is 13.7 Å². The monoisotopic (exact) mass is 190 g/mol. The molecule has 0 rings (SSSR count). The summed E-state index contributed by atoms with van der Waals surface area (Å²) in [6, 6.07) is 0. The summed E-state index contributed by atoms with van der Waals surface area (Å²) in [7, 11) is -2.57. The lowest BCUT2D eigenvalue weighted by Gasteiger charge is -2.04. The van der Waals surface area contributed by atoms with E-state index in [4.69, 9.17) is 0 Å². The van der Waals surface area contributed by atoms with E-state index in [-0.39, 0.29) is 5.78 Å². The van der Waals surface area contributed by atoms with Crippen molar-refractivity contribution in [3.05, 3.63) is 0 Å². The Morgan fingerprint density at radius 1 is 1.50 bits per heavy atom. The lowest BCUT2D eigenvalue weighted by Crippen LogP contribution is -2.19. The Morgan fingerprint density at radius 2 is 2.08 bits per heavy atom. The first-order valence-corrected chi connectivity index (χ1v) is 5.54. The molecule has 3 nitrogen and oxygen atoms in total. The highest BCUT2D eigenvalue weighted by Crippen LogP contribution is 2.24. The SMILES string of the molecule is CCCCC(C(=O)CC)[P+](=O)[O-]. The molecule has 0 aromatic heterocycles. The molecule has 0 saturated carbocycles. The molecule has 0 aromatic carbocycles. The van der Waals surface area contributed by atoms with E-state index in [0.717, 1.165) is 12.8 Å². The molecule has 0 radical (unpaired) electrons. The number of hydrogen-bond donors (Lipinski definition) is 0. The summed E-state index contributed by atoms with van der Waals surface area (Å²) < 4.78 is 10.6. The highest BCUT2D eigenvalue weighted by Gasteiger charge is 2.27. The zero-order valence-corrected chi connectivity index (χ0v) is 8.47. The smallest absolute Gasteiger partial charge is 0.320 e. The Morgan fingerprint density at radius 3 is 2.42 bits per heavy atom. The van der Waals surface area contributed by atoms with E-state index in [9.17, 15) is 14.3 Å². The minimum Gasteiger partial charge on any atom is -0.595 e. The van der Waals surface area contributed by atoms with E-state index in [1.165, 1.54) is 0 Å². The number of rotatable bonds is 6. The first-order valence-electron chi connectivity index (χ1n) is 4.29. The van der Waals surface area contributed by atoms with Gasteiger partial charge in [-0.05, 0) is 6.42 Å². The van der Waals surface area contributed by atoms with Crippen molar-refractivity contribution in [3.63, 3.8) is 0 Å². The van der Waals surface area contributed by atoms with Crippen LogP contribution in [-0.2, 0) is 9.36 Å². The molecular formula is C8H15O3P. The van der Waals surface area contributed by atoms with Crippen molar-refractivity contribution in [1.29, 1.82) is 0 Å². The van der Waals surface area contributed by atoms with Crippen LogP contribution in [-0.4, -0.2) is 11.4 Å². The Balaban J connectivity index is 4.04. The summed E-state index contributed by atoms with van der Waals surface area (Å²) in [4.78, 5) is 21.7. The molecule has 4 heteroatoms. The Kier molecular flexibility index (Phi) is 6.13. The molecule has 2 unspecified atom stereocenters. The maximum absolute atomic E-state index is 11.1. The van der Waals surface area contributed by atoms with Crippen molar-refractivity contribution in [3.8, 4) is 0 Å². The van der Waals surface area contributed by atoms with Gasteiger partial charge in [0.05, 0.1) is 0 Å². The van der Waals surface area contributed by atoms with E-state index in [0.29, 0.717) is 12.8 Å². The summed E-state index contributed by atoms with van der Waals surface area (Å²) in [6.45, 7) is 3.67. The summed E-state index contributed by atoms with van der Waals surface area (Å²) in [5, 5.41) is 0. The number of unbranched alkanes of at least 4 members (excludes halogenated alkanes) is 1. The van der Waals surface area contributed by atoms with Gasteiger partial charge in [0.25, 0.3) is 0 Å². The van der Waals surface area contributed by atoms with Gasteiger partial charge in [0.1, 0.15) is 0 Å². The van der Waals surface area contributed by atoms with Crippen LogP contribution >= 0.6 is 8.03 Å². The van der Waals surface area contributed by atoms with Crippen LogP contribution in [0.4, 0.5) is 0 Å². The third kappa shape index (κ3) is 3.93. The zero-order valence-electron chi connectivity index (χ0n) is 7.58. The average molecular weight is 190 g/mol. The van der Waals surface area contributed by atoms with Crippen LogP contribution in [0.15, 0.2) is 0 Å². The van der Waals surface area contributed by atoms with Crippen molar-refractivity contribution >= 4 is 13.8 Å². The number of carbonyl (C=O) groups is 1. The molecule has 0 aliphatic rings. The predicted octanol–water partition coefficient (Wildman–Crippen LogP) is 1.63. The topological polar surface area (TPSA) is 57.2 Å². The van der Waals surface area contributed by atoms with Crippen molar-refractivity contribution in [2.45, 2.75) is 45.2 Å². The Labute approximate surface area is 74.0 Å². The summed E-state index contributed by atoms with van der Waals surface area (Å²) in [6.07, 6.45) is 2.54. The molecule has 0 aromatic rings. The minimum absolute atomic E-state index is 0.153. The van der Waals surface area contributed by atoms with Gasteiger partial charge in [0.2, 0.25) is 5.66 Å². The fourth-order valence-corrected chi connectivity index (χ4v) is 1.83. The molecule has 0 aliphatic carbocycles. The highest BCUT2D eigenvalue weighted by molar-refractivity contribution is 7.38.